The van der Waals surface area contributed by atoms with Gasteiger partial charge in [-0.2, -0.15) is 4.98 Å². The van der Waals surface area contributed by atoms with Crippen LogP contribution in [0.15, 0.2) is 4.52 Å². The van der Waals surface area contributed by atoms with Crippen LogP contribution >= 0.6 is 0 Å². The number of hydrogen-bond donors (Lipinski definition) is 1. The first kappa shape index (κ1) is 17.8. The Kier molecular flexibility index (Phi) is 3.91. The number of rotatable bonds is 3. The summed E-state index contributed by atoms with van der Waals surface area (Å²) in [6, 6.07) is 0. The van der Waals surface area contributed by atoms with Crippen molar-refractivity contribution in [2.24, 2.45) is 0 Å². The Morgan fingerprint density at radius 3 is 2.59 bits per heavy atom. The second-order valence-electron chi connectivity index (χ2n) is 8.44. The van der Waals surface area contributed by atoms with Crippen LogP contribution in [0.4, 0.5) is 5.82 Å². The Labute approximate surface area is 156 Å². The fourth-order valence-corrected chi connectivity index (χ4v) is 3.16. The minimum Gasteiger partial charge on any atom is -0.388 e. The molecule has 0 amide bonds. The van der Waals surface area contributed by atoms with E-state index in [2.05, 4.69) is 46.1 Å². The summed E-state index contributed by atoms with van der Waals surface area (Å²) in [5, 5.41) is 22.7. The molecule has 1 saturated heterocycles. The van der Waals surface area contributed by atoms with Gasteiger partial charge in [0.15, 0.2) is 22.8 Å². The Morgan fingerprint density at radius 2 is 2.00 bits per heavy atom. The summed E-state index contributed by atoms with van der Waals surface area (Å²) in [4.78, 5) is 15.8. The molecule has 1 N–H and O–H groups in total. The summed E-state index contributed by atoms with van der Waals surface area (Å²) >= 11 is 0. The summed E-state index contributed by atoms with van der Waals surface area (Å²) in [6.07, 6.45) is 0.679. The molecule has 0 saturated carbocycles. The second kappa shape index (κ2) is 5.95. The van der Waals surface area contributed by atoms with Gasteiger partial charge in [0.25, 0.3) is 0 Å². The van der Waals surface area contributed by atoms with E-state index in [1.54, 1.807) is 11.6 Å². The van der Waals surface area contributed by atoms with Gasteiger partial charge in [-0.1, -0.05) is 31.1 Å². The van der Waals surface area contributed by atoms with Crippen molar-refractivity contribution in [2.75, 3.05) is 18.0 Å². The topological polar surface area (TPSA) is 119 Å². The molecule has 0 aliphatic carbocycles. The van der Waals surface area contributed by atoms with Gasteiger partial charge in [0.1, 0.15) is 12.4 Å². The van der Waals surface area contributed by atoms with Gasteiger partial charge in [-0.15, -0.1) is 5.10 Å². The van der Waals surface area contributed by atoms with Gasteiger partial charge in [0, 0.05) is 18.5 Å². The average Bonchev–Trinajstić information content (AvgIpc) is 3.26. The van der Waals surface area contributed by atoms with Crippen molar-refractivity contribution in [3.63, 3.8) is 0 Å². The highest BCUT2D eigenvalue weighted by molar-refractivity contribution is 5.83. The van der Waals surface area contributed by atoms with Crippen molar-refractivity contribution in [2.45, 2.75) is 58.6 Å². The van der Waals surface area contributed by atoms with Crippen LogP contribution in [-0.4, -0.2) is 58.9 Å². The van der Waals surface area contributed by atoms with Gasteiger partial charge < -0.3 is 14.5 Å². The third-order valence-corrected chi connectivity index (χ3v) is 4.62. The Bertz CT molecular complexity index is 985. The molecule has 1 atom stereocenters. The summed E-state index contributed by atoms with van der Waals surface area (Å²) < 4.78 is 6.85. The highest BCUT2D eigenvalue weighted by atomic mass is 16.5. The molecule has 4 heterocycles. The quantitative estimate of drug-likeness (QED) is 0.723. The van der Waals surface area contributed by atoms with E-state index < -0.39 is 5.60 Å². The van der Waals surface area contributed by atoms with E-state index >= 15 is 0 Å². The van der Waals surface area contributed by atoms with Crippen molar-refractivity contribution >= 4 is 17.0 Å². The Morgan fingerprint density at radius 1 is 1.22 bits per heavy atom. The zero-order valence-corrected chi connectivity index (χ0v) is 16.3. The molecule has 1 aliphatic rings. The van der Waals surface area contributed by atoms with Crippen LogP contribution in [0.5, 0.6) is 0 Å². The fraction of sp³-hybridized carbons (Fsp3) is 0.647. The van der Waals surface area contributed by atoms with E-state index in [1.165, 1.54) is 0 Å². The lowest BCUT2D eigenvalue weighted by atomic mass is 9.96. The standard InChI is InChI=1S/C17H24N8O2/c1-10-18-11(27-22-10)8-25-14-12(21-23-25)13(19-15(20-14)16(2,3)4)24-7-6-17(5,26)9-24/h26H,6-9H2,1-5H3/t17-/m0/s1. The van der Waals surface area contributed by atoms with Crippen LogP contribution < -0.4 is 4.90 Å². The average molecular weight is 372 g/mol. The zero-order valence-electron chi connectivity index (χ0n) is 16.3. The molecule has 0 spiro atoms. The monoisotopic (exact) mass is 372 g/mol. The van der Waals surface area contributed by atoms with Gasteiger partial charge in [-0.3, -0.25) is 0 Å². The largest absolute Gasteiger partial charge is 0.388 e. The van der Waals surface area contributed by atoms with Crippen LogP contribution in [0, 0.1) is 6.92 Å². The highest BCUT2D eigenvalue weighted by Crippen LogP contribution is 2.31. The summed E-state index contributed by atoms with van der Waals surface area (Å²) in [5.41, 5.74) is 0.238. The van der Waals surface area contributed by atoms with Crippen LogP contribution in [0.1, 0.15) is 51.7 Å². The molecule has 27 heavy (non-hydrogen) atoms. The second-order valence-corrected chi connectivity index (χ2v) is 8.44. The lowest BCUT2D eigenvalue weighted by molar-refractivity contribution is 0.0839. The third kappa shape index (κ3) is 3.36. The van der Waals surface area contributed by atoms with Crippen LogP contribution in [0.25, 0.3) is 11.2 Å². The summed E-state index contributed by atoms with van der Waals surface area (Å²) in [5.74, 6) is 2.41. The molecular formula is C17H24N8O2. The maximum Gasteiger partial charge on any atom is 0.248 e. The Balaban J connectivity index is 1.82. The van der Waals surface area contributed by atoms with E-state index in [-0.39, 0.29) is 12.0 Å². The molecular weight excluding hydrogens is 348 g/mol. The van der Waals surface area contributed by atoms with Crippen LogP contribution in [0.2, 0.25) is 0 Å². The highest BCUT2D eigenvalue weighted by Gasteiger charge is 2.35. The van der Waals surface area contributed by atoms with Crippen molar-refractivity contribution in [1.29, 1.82) is 0 Å². The first-order valence-electron chi connectivity index (χ1n) is 9.01. The first-order chi connectivity index (χ1) is 12.6. The maximum atomic E-state index is 10.4. The van der Waals surface area contributed by atoms with E-state index in [9.17, 15) is 5.11 Å². The third-order valence-electron chi connectivity index (χ3n) is 4.62. The summed E-state index contributed by atoms with van der Waals surface area (Å²) in [7, 11) is 0. The molecule has 3 aromatic heterocycles. The maximum absolute atomic E-state index is 10.4. The molecule has 1 fully saturated rings. The number of anilines is 1. The molecule has 0 aromatic carbocycles. The van der Waals surface area contributed by atoms with Gasteiger partial charge in [0.05, 0.1) is 5.60 Å². The number of aryl methyl sites for hydroxylation is 1. The predicted octanol–water partition coefficient (Wildman–Crippen LogP) is 1.22. The minimum absolute atomic E-state index is 0.249. The van der Waals surface area contributed by atoms with Crippen molar-refractivity contribution in [3.8, 4) is 0 Å². The summed E-state index contributed by atoms with van der Waals surface area (Å²) in [6.45, 7) is 11.3. The van der Waals surface area contributed by atoms with Crippen molar-refractivity contribution in [3.05, 3.63) is 17.5 Å². The fourth-order valence-electron chi connectivity index (χ4n) is 3.16. The number of hydrogen-bond acceptors (Lipinski definition) is 9. The SMILES string of the molecule is Cc1noc(Cn2nnc3c(N4CC[C@](C)(O)C4)nc(C(C)(C)C)nc32)n1. The molecule has 4 rings (SSSR count). The molecule has 10 heteroatoms. The number of fused-ring (bicyclic) bond motifs is 1. The lowest BCUT2D eigenvalue weighted by Crippen LogP contribution is -2.31. The molecule has 144 valence electrons. The predicted molar refractivity (Wildman–Crippen MR) is 97.4 cm³/mol. The number of β-amino-alcohol motifs (C(OH)–C–C–N with tert-alkyl or cyclic N) is 1. The number of nitrogens with zero attached hydrogens (tertiary/aromatic N) is 8. The minimum atomic E-state index is -0.740. The molecule has 1 aliphatic heterocycles. The van der Waals surface area contributed by atoms with Gasteiger partial charge in [-0.05, 0) is 20.3 Å². The van der Waals surface area contributed by atoms with Crippen molar-refractivity contribution < 1.29 is 9.63 Å². The van der Waals surface area contributed by atoms with Gasteiger partial charge >= 0.3 is 0 Å². The van der Waals surface area contributed by atoms with E-state index in [0.717, 1.165) is 0 Å². The lowest BCUT2D eigenvalue weighted by Gasteiger charge is -2.23. The molecule has 3 aromatic rings. The number of aromatic nitrogens is 7. The first-order valence-corrected chi connectivity index (χ1v) is 9.01. The smallest absolute Gasteiger partial charge is 0.248 e. The van der Waals surface area contributed by atoms with Crippen LogP contribution in [-0.2, 0) is 12.0 Å². The number of aliphatic hydroxyl groups is 1. The molecule has 0 radical (unpaired) electrons. The van der Waals surface area contributed by atoms with Gasteiger partial charge in [0.2, 0.25) is 5.89 Å². The van der Waals surface area contributed by atoms with E-state index in [4.69, 9.17) is 14.5 Å². The Hall–Kier alpha value is -2.62. The molecule has 10 nitrogen and oxygen atoms in total. The van der Waals surface area contributed by atoms with Crippen LogP contribution in [0.3, 0.4) is 0 Å². The van der Waals surface area contributed by atoms with E-state index in [0.29, 0.717) is 54.0 Å². The molecule has 0 bridgehead atoms. The van der Waals surface area contributed by atoms with Crippen molar-refractivity contribution in [1.82, 2.24) is 35.1 Å². The molecule has 0 unspecified atom stereocenters. The van der Waals surface area contributed by atoms with E-state index in [1.807, 2.05) is 6.92 Å². The van der Waals surface area contributed by atoms with Gasteiger partial charge in [-0.25, -0.2) is 14.6 Å². The normalized spacial score (nSPS) is 20.7. The zero-order chi connectivity index (χ0) is 19.4.